The summed E-state index contributed by atoms with van der Waals surface area (Å²) >= 11 is 18.6. The number of rotatable bonds is 5. The van der Waals surface area contributed by atoms with Gasteiger partial charge in [-0.15, -0.1) is 0 Å². The lowest BCUT2D eigenvalue weighted by molar-refractivity contribution is 0.00993. The van der Waals surface area contributed by atoms with Crippen LogP contribution in [0.4, 0.5) is 0 Å². The highest BCUT2D eigenvalue weighted by Crippen LogP contribution is 2.47. The molecule has 1 aliphatic heterocycles. The van der Waals surface area contributed by atoms with Crippen LogP contribution in [0.3, 0.4) is 0 Å². The number of hydrogen-bond acceptors (Lipinski definition) is 5. The zero-order chi connectivity index (χ0) is 21.5. The summed E-state index contributed by atoms with van der Waals surface area (Å²) < 4.78 is 41.5. The Hall–Kier alpha value is -1.96. The molecule has 156 valence electrons. The third-order valence-electron chi connectivity index (χ3n) is 4.41. The van der Waals surface area contributed by atoms with Crippen LogP contribution in [-0.4, -0.2) is 21.3 Å². The van der Waals surface area contributed by atoms with Gasteiger partial charge in [0.2, 0.25) is 0 Å². The smallest absolute Gasteiger partial charge is 0.297 e. The van der Waals surface area contributed by atoms with E-state index in [1.807, 2.05) is 6.92 Å². The molecule has 1 aliphatic rings. The van der Waals surface area contributed by atoms with Crippen LogP contribution in [0.5, 0.6) is 11.5 Å². The average molecular weight is 486 g/mol. The lowest BCUT2D eigenvalue weighted by atomic mass is 10.0. The molecule has 0 aromatic heterocycles. The summed E-state index contributed by atoms with van der Waals surface area (Å²) in [4.78, 5) is 0.0538. The van der Waals surface area contributed by atoms with Crippen LogP contribution in [0, 0.1) is 6.92 Å². The van der Waals surface area contributed by atoms with Gasteiger partial charge in [0.05, 0.1) is 4.90 Å². The number of aryl methyl sites for hydroxylation is 1. The first-order valence-electron chi connectivity index (χ1n) is 8.81. The molecule has 1 unspecified atom stereocenters. The molecule has 0 amide bonds. The summed E-state index contributed by atoms with van der Waals surface area (Å²) in [6, 6.07) is 14.6. The number of halogens is 3. The maximum Gasteiger partial charge on any atom is 0.297 e. The van der Waals surface area contributed by atoms with Gasteiger partial charge in [0, 0.05) is 32.3 Å². The predicted octanol–water partition coefficient (Wildman–Crippen LogP) is 6.13. The van der Waals surface area contributed by atoms with Gasteiger partial charge in [-0.25, -0.2) is 0 Å². The van der Waals surface area contributed by atoms with Crippen molar-refractivity contribution >= 4 is 44.9 Å². The van der Waals surface area contributed by atoms with E-state index in [0.717, 1.165) is 5.56 Å². The third kappa shape index (κ3) is 4.38. The van der Waals surface area contributed by atoms with Gasteiger partial charge in [-0.2, -0.15) is 8.42 Å². The standard InChI is InChI=1S/C21H15Cl3O5S/c1-12-2-5-15(6-3-12)30(25,26)27-11-20-28-19-10-14(23)9-17(21(19)29-20)16-8-13(22)4-7-18(16)24/h2-10,20H,11H2,1H3. The fraction of sp³-hybridized carbons (Fsp3) is 0.143. The number of benzene rings is 3. The van der Waals surface area contributed by atoms with Gasteiger partial charge in [0.25, 0.3) is 16.4 Å². The van der Waals surface area contributed by atoms with Crippen LogP contribution in [-0.2, 0) is 14.3 Å². The molecule has 0 fully saturated rings. The molecule has 0 radical (unpaired) electrons. The molecule has 30 heavy (non-hydrogen) atoms. The lowest BCUT2D eigenvalue weighted by Gasteiger charge is -2.12. The molecule has 3 aromatic carbocycles. The average Bonchev–Trinajstić information content (AvgIpc) is 3.11. The fourth-order valence-electron chi connectivity index (χ4n) is 2.96. The quantitative estimate of drug-likeness (QED) is 0.407. The van der Waals surface area contributed by atoms with Crippen molar-refractivity contribution in [2.45, 2.75) is 18.1 Å². The van der Waals surface area contributed by atoms with Gasteiger partial charge >= 0.3 is 0 Å². The Labute approximate surface area is 189 Å². The van der Waals surface area contributed by atoms with Crippen molar-refractivity contribution in [3.63, 3.8) is 0 Å². The molecule has 1 atom stereocenters. The van der Waals surface area contributed by atoms with Crippen LogP contribution in [0.15, 0.2) is 59.5 Å². The molecule has 0 spiro atoms. The molecule has 4 rings (SSSR count). The molecule has 5 nitrogen and oxygen atoms in total. The Bertz CT molecular complexity index is 1210. The highest BCUT2D eigenvalue weighted by molar-refractivity contribution is 7.86. The topological polar surface area (TPSA) is 61.8 Å². The van der Waals surface area contributed by atoms with Crippen molar-refractivity contribution < 1.29 is 22.1 Å². The second-order valence-corrected chi connectivity index (χ2v) is 9.52. The van der Waals surface area contributed by atoms with Crippen LogP contribution in [0.2, 0.25) is 15.1 Å². The minimum Gasteiger partial charge on any atom is -0.448 e. The van der Waals surface area contributed by atoms with Gasteiger partial charge in [0.15, 0.2) is 11.5 Å². The van der Waals surface area contributed by atoms with Crippen LogP contribution in [0.1, 0.15) is 5.56 Å². The molecule has 0 N–H and O–H groups in total. The minimum absolute atomic E-state index is 0.0538. The molecule has 9 heteroatoms. The number of fused-ring (bicyclic) bond motifs is 1. The fourth-order valence-corrected chi connectivity index (χ4v) is 4.46. The van der Waals surface area contributed by atoms with Crippen molar-refractivity contribution in [2.24, 2.45) is 0 Å². The minimum atomic E-state index is -3.96. The van der Waals surface area contributed by atoms with E-state index < -0.39 is 16.4 Å². The van der Waals surface area contributed by atoms with Gasteiger partial charge in [-0.3, -0.25) is 4.18 Å². The summed E-state index contributed by atoms with van der Waals surface area (Å²) in [6.07, 6.45) is -0.976. The van der Waals surface area contributed by atoms with Crippen molar-refractivity contribution in [3.05, 3.63) is 75.2 Å². The normalized spacial score (nSPS) is 15.4. The van der Waals surface area contributed by atoms with Crippen molar-refractivity contribution in [1.29, 1.82) is 0 Å². The van der Waals surface area contributed by atoms with Gasteiger partial charge < -0.3 is 9.47 Å². The van der Waals surface area contributed by atoms with E-state index in [-0.39, 0.29) is 11.5 Å². The Morgan fingerprint density at radius 2 is 1.60 bits per heavy atom. The van der Waals surface area contributed by atoms with E-state index in [1.165, 1.54) is 12.1 Å². The third-order valence-corrected chi connectivity index (χ3v) is 6.49. The Morgan fingerprint density at radius 1 is 0.900 bits per heavy atom. The molecule has 0 saturated heterocycles. The highest BCUT2D eigenvalue weighted by Gasteiger charge is 2.31. The lowest BCUT2D eigenvalue weighted by Crippen LogP contribution is -2.26. The largest absolute Gasteiger partial charge is 0.448 e. The highest BCUT2D eigenvalue weighted by atomic mass is 35.5. The summed E-state index contributed by atoms with van der Waals surface area (Å²) in [6.45, 7) is 1.52. The molecular formula is C21H15Cl3O5S. The first-order valence-corrected chi connectivity index (χ1v) is 11.4. The van der Waals surface area contributed by atoms with Crippen molar-refractivity contribution in [2.75, 3.05) is 6.61 Å². The molecular weight excluding hydrogens is 471 g/mol. The van der Waals surface area contributed by atoms with E-state index in [1.54, 1.807) is 42.5 Å². The number of hydrogen-bond donors (Lipinski definition) is 0. The number of ether oxygens (including phenoxy) is 2. The van der Waals surface area contributed by atoms with Gasteiger partial charge in [-0.1, -0.05) is 52.5 Å². The molecule has 3 aromatic rings. The summed E-state index contributed by atoms with van der Waals surface area (Å²) in [5.74, 6) is 0.736. The first kappa shape index (κ1) is 21.3. The second-order valence-electron chi connectivity index (χ2n) is 6.62. The van der Waals surface area contributed by atoms with Crippen molar-refractivity contribution in [1.82, 2.24) is 0 Å². The Kier molecular flexibility index (Phi) is 5.88. The van der Waals surface area contributed by atoms with Crippen LogP contribution >= 0.6 is 34.8 Å². The maximum absolute atomic E-state index is 12.4. The van der Waals surface area contributed by atoms with Crippen LogP contribution < -0.4 is 9.47 Å². The molecule has 0 saturated carbocycles. The first-order chi connectivity index (χ1) is 14.2. The monoisotopic (exact) mass is 484 g/mol. The summed E-state index contributed by atoms with van der Waals surface area (Å²) in [5, 5.41) is 1.34. The van der Waals surface area contributed by atoms with Gasteiger partial charge in [0.1, 0.15) is 6.61 Å². The second kappa shape index (κ2) is 8.29. The van der Waals surface area contributed by atoms with E-state index >= 15 is 0 Å². The zero-order valence-corrected chi connectivity index (χ0v) is 18.6. The van der Waals surface area contributed by atoms with Crippen LogP contribution in [0.25, 0.3) is 11.1 Å². The van der Waals surface area contributed by atoms with Crippen molar-refractivity contribution in [3.8, 4) is 22.6 Å². The molecule has 0 aliphatic carbocycles. The Balaban J connectivity index is 1.56. The molecule has 0 bridgehead atoms. The maximum atomic E-state index is 12.4. The van der Waals surface area contributed by atoms with E-state index in [0.29, 0.717) is 37.7 Å². The zero-order valence-electron chi connectivity index (χ0n) is 15.6. The summed E-state index contributed by atoms with van der Waals surface area (Å²) in [5.41, 5.74) is 2.13. The predicted molar refractivity (Wildman–Crippen MR) is 116 cm³/mol. The SMILES string of the molecule is Cc1ccc(S(=O)(=O)OCC2Oc3cc(Cl)cc(-c4cc(Cl)ccc4Cl)c3O2)cc1. The molecule has 1 heterocycles. The van der Waals surface area contributed by atoms with Gasteiger partial charge in [-0.05, 0) is 43.3 Å². The van der Waals surface area contributed by atoms with E-state index in [9.17, 15) is 8.42 Å². The van der Waals surface area contributed by atoms with E-state index in [4.69, 9.17) is 48.5 Å². The van der Waals surface area contributed by atoms with E-state index in [2.05, 4.69) is 0 Å². The summed E-state index contributed by atoms with van der Waals surface area (Å²) in [7, 11) is -3.96. The Morgan fingerprint density at radius 3 is 2.33 bits per heavy atom.